The number of anilines is 1. The summed E-state index contributed by atoms with van der Waals surface area (Å²) in [7, 11) is 0. The van der Waals surface area contributed by atoms with E-state index in [0.717, 1.165) is 28.2 Å². The van der Waals surface area contributed by atoms with Crippen molar-refractivity contribution in [1.82, 2.24) is 9.78 Å². The van der Waals surface area contributed by atoms with Crippen LogP contribution in [0.4, 0.5) is 5.69 Å². The Morgan fingerprint density at radius 1 is 1.03 bits per heavy atom. The Bertz CT molecular complexity index is 1040. The number of carbonyl (C=O) groups excluding carboxylic acids is 2. The average molecular weight is 389 g/mol. The zero-order valence-corrected chi connectivity index (χ0v) is 16.7. The minimum Gasteiger partial charge on any atom is -0.452 e. The molecule has 1 aromatic heterocycles. The van der Waals surface area contributed by atoms with Crippen molar-refractivity contribution in [3.63, 3.8) is 0 Å². The van der Waals surface area contributed by atoms with Crippen LogP contribution in [-0.4, -0.2) is 28.3 Å². The van der Waals surface area contributed by atoms with Crippen LogP contribution in [0.5, 0.6) is 0 Å². The fraction of sp³-hybridized carbons (Fsp3) is 0.174. The first kappa shape index (κ1) is 20.1. The summed E-state index contributed by atoms with van der Waals surface area (Å²) in [5, 5.41) is 7.22. The predicted molar refractivity (Wildman–Crippen MR) is 113 cm³/mol. The first-order chi connectivity index (χ1) is 13.9. The van der Waals surface area contributed by atoms with Crippen molar-refractivity contribution < 1.29 is 14.3 Å². The van der Waals surface area contributed by atoms with E-state index in [-0.39, 0.29) is 12.5 Å². The Balaban J connectivity index is 1.58. The van der Waals surface area contributed by atoms with Gasteiger partial charge in [0.1, 0.15) is 0 Å². The monoisotopic (exact) mass is 389 g/mol. The van der Waals surface area contributed by atoms with Gasteiger partial charge in [0.15, 0.2) is 6.61 Å². The van der Waals surface area contributed by atoms with E-state index in [0.29, 0.717) is 5.69 Å². The van der Waals surface area contributed by atoms with E-state index in [1.54, 1.807) is 18.2 Å². The third kappa shape index (κ3) is 5.19. The molecule has 0 unspecified atom stereocenters. The summed E-state index contributed by atoms with van der Waals surface area (Å²) in [4.78, 5) is 23.9. The van der Waals surface area contributed by atoms with E-state index >= 15 is 0 Å². The van der Waals surface area contributed by atoms with E-state index in [9.17, 15) is 9.59 Å². The van der Waals surface area contributed by atoms with Crippen molar-refractivity contribution in [3.8, 4) is 5.69 Å². The number of benzene rings is 2. The topological polar surface area (TPSA) is 73.2 Å². The molecule has 0 fully saturated rings. The molecule has 29 heavy (non-hydrogen) atoms. The number of aryl methyl sites for hydroxylation is 2. The number of rotatable bonds is 6. The number of para-hydroxylation sites is 1. The maximum atomic E-state index is 12.0. The van der Waals surface area contributed by atoms with Gasteiger partial charge >= 0.3 is 5.97 Å². The number of hydrogen-bond donors (Lipinski definition) is 1. The maximum absolute atomic E-state index is 12.0. The summed E-state index contributed by atoms with van der Waals surface area (Å²) < 4.78 is 6.86. The van der Waals surface area contributed by atoms with Crippen LogP contribution < -0.4 is 5.32 Å². The summed E-state index contributed by atoms with van der Waals surface area (Å²) in [6, 6.07) is 17.1. The van der Waals surface area contributed by atoms with Crippen LogP contribution in [0.15, 0.2) is 60.7 Å². The standard InChI is InChI=1S/C23H23N3O3/c1-16-9-11-19(12-10-16)24-22(27)15-29-23(28)14-13-21-17(2)25-26(18(21)3)20-7-5-4-6-8-20/h4-14H,15H2,1-3H3,(H,24,27)/b14-13+. The number of ether oxygens (including phenoxy) is 1. The van der Waals surface area contributed by atoms with Crippen LogP contribution in [0, 0.1) is 20.8 Å². The Labute approximate surface area is 169 Å². The normalized spacial score (nSPS) is 10.9. The summed E-state index contributed by atoms with van der Waals surface area (Å²) in [5.74, 6) is -0.977. The molecule has 0 radical (unpaired) electrons. The SMILES string of the molecule is Cc1ccc(NC(=O)COC(=O)/C=C/c2c(C)nn(-c3ccccc3)c2C)cc1. The van der Waals surface area contributed by atoms with Gasteiger partial charge in [0.05, 0.1) is 11.4 Å². The second kappa shape index (κ2) is 9.01. The van der Waals surface area contributed by atoms with E-state index < -0.39 is 5.97 Å². The maximum Gasteiger partial charge on any atom is 0.331 e. The second-order valence-electron chi connectivity index (χ2n) is 6.69. The molecule has 0 aliphatic rings. The molecule has 1 amide bonds. The number of hydrogen-bond acceptors (Lipinski definition) is 4. The van der Waals surface area contributed by atoms with Crippen molar-refractivity contribution in [1.29, 1.82) is 0 Å². The Hall–Kier alpha value is -3.67. The second-order valence-corrected chi connectivity index (χ2v) is 6.69. The number of amides is 1. The highest BCUT2D eigenvalue weighted by atomic mass is 16.5. The van der Waals surface area contributed by atoms with Gasteiger partial charge in [-0.15, -0.1) is 0 Å². The molecule has 0 atom stereocenters. The molecule has 0 saturated heterocycles. The van der Waals surface area contributed by atoms with Crippen LogP contribution in [0.2, 0.25) is 0 Å². The van der Waals surface area contributed by atoms with E-state index in [1.807, 2.05) is 67.9 Å². The zero-order valence-electron chi connectivity index (χ0n) is 16.7. The minimum atomic E-state index is -0.588. The van der Waals surface area contributed by atoms with Crippen molar-refractivity contribution in [2.75, 3.05) is 11.9 Å². The van der Waals surface area contributed by atoms with Crippen molar-refractivity contribution in [3.05, 3.63) is 83.2 Å². The van der Waals surface area contributed by atoms with Gasteiger partial charge in [-0.25, -0.2) is 9.48 Å². The summed E-state index contributed by atoms with van der Waals surface area (Å²) >= 11 is 0. The number of esters is 1. The molecule has 1 N–H and O–H groups in total. The quantitative estimate of drug-likeness (QED) is 0.511. The number of carbonyl (C=O) groups is 2. The average Bonchev–Trinajstić information content (AvgIpc) is 3.01. The molecule has 6 heteroatoms. The van der Waals surface area contributed by atoms with Crippen LogP contribution >= 0.6 is 0 Å². The van der Waals surface area contributed by atoms with E-state index in [4.69, 9.17) is 4.74 Å². The molecule has 0 aliphatic heterocycles. The molecule has 3 aromatic rings. The number of aromatic nitrogens is 2. The molecule has 0 aliphatic carbocycles. The summed E-state index contributed by atoms with van der Waals surface area (Å²) in [6.45, 7) is 5.44. The smallest absolute Gasteiger partial charge is 0.331 e. The predicted octanol–water partition coefficient (Wildman–Crippen LogP) is 3.99. The lowest BCUT2D eigenvalue weighted by molar-refractivity contribution is -0.142. The molecule has 0 spiro atoms. The van der Waals surface area contributed by atoms with Crippen LogP contribution in [0.25, 0.3) is 11.8 Å². The van der Waals surface area contributed by atoms with Gasteiger partial charge in [0.2, 0.25) is 0 Å². The van der Waals surface area contributed by atoms with E-state index in [1.165, 1.54) is 6.08 Å². The van der Waals surface area contributed by atoms with Gasteiger partial charge in [-0.3, -0.25) is 4.79 Å². The Morgan fingerprint density at radius 2 is 1.72 bits per heavy atom. The summed E-state index contributed by atoms with van der Waals surface area (Å²) in [6.07, 6.45) is 2.98. The molecule has 0 bridgehead atoms. The van der Waals surface area contributed by atoms with Crippen molar-refractivity contribution in [2.24, 2.45) is 0 Å². The lowest BCUT2D eigenvalue weighted by Crippen LogP contribution is -2.20. The molecule has 3 rings (SSSR count). The van der Waals surface area contributed by atoms with Gasteiger partial charge in [-0.2, -0.15) is 5.10 Å². The fourth-order valence-electron chi connectivity index (χ4n) is 2.89. The fourth-order valence-corrected chi connectivity index (χ4v) is 2.89. The Morgan fingerprint density at radius 3 is 2.41 bits per heavy atom. The van der Waals surface area contributed by atoms with Crippen molar-refractivity contribution >= 4 is 23.6 Å². The minimum absolute atomic E-state index is 0.349. The molecule has 1 heterocycles. The highest BCUT2D eigenvalue weighted by molar-refractivity contribution is 5.94. The molecule has 0 saturated carbocycles. The first-order valence-corrected chi connectivity index (χ1v) is 9.27. The highest BCUT2D eigenvalue weighted by Gasteiger charge is 2.11. The molecular weight excluding hydrogens is 366 g/mol. The van der Waals surface area contributed by atoms with Gasteiger partial charge in [0.25, 0.3) is 5.91 Å². The molecule has 6 nitrogen and oxygen atoms in total. The van der Waals surface area contributed by atoms with Gasteiger partial charge in [-0.1, -0.05) is 35.9 Å². The van der Waals surface area contributed by atoms with Crippen LogP contribution in [0.3, 0.4) is 0 Å². The van der Waals surface area contributed by atoms with E-state index in [2.05, 4.69) is 10.4 Å². The molecule has 148 valence electrons. The van der Waals surface area contributed by atoms with Crippen LogP contribution in [-0.2, 0) is 14.3 Å². The lowest BCUT2D eigenvalue weighted by Gasteiger charge is -2.05. The van der Waals surface area contributed by atoms with Crippen LogP contribution in [0.1, 0.15) is 22.5 Å². The number of nitrogens with one attached hydrogen (secondary N) is 1. The van der Waals surface area contributed by atoms with Gasteiger partial charge in [0, 0.05) is 23.0 Å². The third-order valence-corrected chi connectivity index (χ3v) is 4.41. The molecular formula is C23H23N3O3. The van der Waals surface area contributed by atoms with Gasteiger partial charge in [-0.05, 0) is 51.1 Å². The third-order valence-electron chi connectivity index (χ3n) is 4.41. The largest absolute Gasteiger partial charge is 0.452 e. The van der Waals surface area contributed by atoms with Gasteiger partial charge < -0.3 is 10.1 Å². The van der Waals surface area contributed by atoms with Crippen molar-refractivity contribution in [2.45, 2.75) is 20.8 Å². The first-order valence-electron chi connectivity index (χ1n) is 9.27. The highest BCUT2D eigenvalue weighted by Crippen LogP contribution is 2.19. The molecule has 2 aromatic carbocycles. The zero-order chi connectivity index (χ0) is 20.8. The lowest BCUT2D eigenvalue weighted by atomic mass is 10.2. The summed E-state index contributed by atoms with van der Waals surface area (Å²) in [5.41, 5.74) is 5.26. The number of nitrogens with zero attached hydrogens (tertiary/aromatic N) is 2. The Kier molecular flexibility index (Phi) is 6.24.